The van der Waals surface area contributed by atoms with Crippen LogP contribution in [-0.4, -0.2) is 47.0 Å². The normalized spacial score (nSPS) is 25.1. The van der Waals surface area contributed by atoms with Gasteiger partial charge in [0.15, 0.2) is 0 Å². The lowest BCUT2D eigenvalue weighted by Crippen LogP contribution is -2.50. The van der Waals surface area contributed by atoms with Crippen LogP contribution in [0, 0.1) is 0 Å². The van der Waals surface area contributed by atoms with Gasteiger partial charge in [-0.1, -0.05) is 11.6 Å². The molecule has 0 aliphatic carbocycles. The van der Waals surface area contributed by atoms with Crippen molar-refractivity contribution in [2.24, 2.45) is 0 Å². The van der Waals surface area contributed by atoms with Gasteiger partial charge in [0, 0.05) is 6.54 Å². The van der Waals surface area contributed by atoms with Crippen LogP contribution in [0.5, 0.6) is 0 Å². The molecule has 2 rings (SSSR count). The van der Waals surface area contributed by atoms with Crippen LogP contribution in [0.4, 0.5) is 5.82 Å². The Morgan fingerprint density at radius 3 is 3.12 bits per heavy atom. The maximum Gasteiger partial charge on any atom is 0.148 e. The molecule has 0 spiro atoms. The Kier molecular flexibility index (Phi) is 4.19. The zero-order valence-corrected chi connectivity index (χ0v) is 11.6. The van der Waals surface area contributed by atoms with Gasteiger partial charge in [0.1, 0.15) is 17.3 Å². The monoisotopic (exact) mass is 321 g/mol. The third-order valence-corrected chi connectivity index (χ3v) is 3.95. The minimum Gasteiger partial charge on any atom is -0.394 e. The Morgan fingerprint density at radius 1 is 1.65 bits per heavy atom. The van der Waals surface area contributed by atoms with E-state index in [-0.39, 0.29) is 18.8 Å². The summed E-state index contributed by atoms with van der Waals surface area (Å²) >= 11 is 9.33. The number of anilines is 1. The van der Waals surface area contributed by atoms with E-state index in [9.17, 15) is 0 Å². The maximum atomic E-state index is 9.14. The molecule has 0 aromatic carbocycles. The quantitative estimate of drug-likeness (QED) is 0.836. The van der Waals surface area contributed by atoms with Crippen molar-refractivity contribution in [2.75, 3.05) is 24.7 Å². The zero-order chi connectivity index (χ0) is 12.4. The minimum absolute atomic E-state index is 0.000342. The second kappa shape index (κ2) is 5.48. The lowest BCUT2D eigenvalue weighted by Gasteiger charge is -2.38. The molecule has 7 heteroatoms. The lowest BCUT2D eigenvalue weighted by atomic mass is 10.2. The third kappa shape index (κ3) is 2.70. The van der Waals surface area contributed by atoms with E-state index >= 15 is 0 Å². The summed E-state index contributed by atoms with van der Waals surface area (Å²) in [7, 11) is 0. The summed E-state index contributed by atoms with van der Waals surface area (Å²) < 4.78 is 6.15. The molecule has 1 aliphatic heterocycles. The molecule has 94 valence electrons. The van der Waals surface area contributed by atoms with E-state index in [1.54, 1.807) is 0 Å². The highest BCUT2D eigenvalue weighted by atomic mass is 79.9. The van der Waals surface area contributed by atoms with E-state index in [0.717, 1.165) is 5.82 Å². The van der Waals surface area contributed by atoms with Crippen molar-refractivity contribution in [3.8, 4) is 0 Å². The number of morpholine rings is 1. The van der Waals surface area contributed by atoms with E-state index in [4.69, 9.17) is 21.4 Å². The Balaban J connectivity index is 2.27. The fourth-order valence-electron chi connectivity index (χ4n) is 1.76. The number of nitrogens with zero attached hydrogens (tertiary/aromatic N) is 3. The number of hydrogen-bond donors (Lipinski definition) is 1. The highest BCUT2D eigenvalue weighted by Crippen LogP contribution is 2.31. The SMILES string of the molecule is CC1COC(CO)CN1c1ncnc(Cl)c1Br. The maximum absolute atomic E-state index is 9.14. The van der Waals surface area contributed by atoms with Crippen molar-refractivity contribution in [3.05, 3.63) is 16.0 Å². The molecule has 0 saturated carbocycles. The van der Waals surface area contributed by atoms with Gasteiger partial charge in [0.05, 0.1) is 29.8 Å². The number of aromatic nitrogens is 2. The molecule has 5 nitrogen and oxygen atoms in total. The summed E-state index contributed by atoms with van der Waals surface area (Å²) in [4.78, 5) is 10.2. The first-order valence-electron chi connectivity index (χ1n) is 5.28. The van der Waals surface area contributed by atoms with Gasteiger partial charge in [-0.05, 0) is 22.9 Å². The van der Waals surface area contributed by atoms with Gasteiger partial charge in [0.25, 0.3) is 0 Å². The summed E-state index contributed by atoms with van der Waals surface area (Å²) in [5, 5.41) is 9.53. The lowest BCUT2D eigenvalue weighted by molar-refractivity contribution is -0.0106. The van der Waals surface area contributed by atoms with Crippen molar-refractivity contribution < 1.29 is 9.84 Å². The predicted octanol–water partition coefficient (Wildman–Crippen LogP) is 1.48. The number of aliphatic hydroxyl groups is 1. The molecule has 1 saturated heterocycles. The molecule has 17 heavy (non-hydrogen) atoms. The predicted molar refractivity (Wildman–Crippen MR) is 68.4 cm³/mol. The number of aliphatic hydroxyl groups excluding tert-OH is 1. The second-order valence-electron chi connectivity index (χ2n) is 3.94. The van der Waals surface area contributed by atoms with Crippen molar-refractivity contribution in [3.63, 3.8) is 0 Å². The Labute approximate surface area is 113 Å². The molecule has 2 unspecified atom stereocenters. The molecule has 1 aromatic rings. The molecule has 1 fully saturated rings. The average molecular weight is 323 g/mol. The van der Waals surface area contributed by atoms with Crippen LogP contribution >= 0.6 is 27.5 Å². The largest absolute Gasteiger partial charge is 0.394 e. The fraction of sp³-hybridized carbons (Fsp3) is 0.600. The third-order valence-electron chi connectivity index (χ3n) is 2.71. The summed E-state index contributed by atoms with van der Waals surface area (Å²) in [6.45, 7) is 3.18. The molecule has 1 aliphatic rings. The Morgan fingerprint density at radius 2 is 2.41 bits per heavy atom. The van der Waals surface area contributed by atoms with Crippen LogP contribution in [0.2, 0.25) is 5.15 Å². The van der Waals surface area contributed by atoms with Crippen LogP contribution in [0.15, 0.2) is 10.8 Å². The Hall–Kier alpha value is -0.430. The minimum atomic E-state index is -0.188. The first kappa shape index (κ1) is 13.0. The second-order valence-corrected chi connectivity index (χ2v) is 5.09. The van der Waals surface area contributed by atoms with Gasteiger partial charge in [0.2, 0.25) is 0 Å². The number of hydrogen-bond acceptors (Lipinski definition) is 5. The van der Waals surface area contributed by atoms with Gasteiger partial charge in [-0.2, -0.15) is 0 Å². The van der Waals surface area contributed by atoms with Crippen LogP contribution in [0.1, 0.15) is 6.92 Å². The first-order valence-corrected chi connectivity index (χ1v) is 6.45. The topological polar surface area (TPSA) is 58.5 Å². The average Bonchev–Trinajstić information content (AvgIpc) is 2.34. The van der Waals surface area contributed by atoms with Gasteiger partial charge in [-0.25, -0.2) is 9.97 Å². The molecule has 2 atom stereocenters. The number of halogens is 2. The Bertz CT molecular complexity index is 407. The summed E-state index contributed by atoms with van der Waals surface area (Å²) in [5.74, 6) is 0.735. The van der Waals surface area contributed by atoms with Gasteiger partial charge in [-0.3, -0.25) is 0 Å². The summed E-state index contributed by atoms with van der Waals surface area (Å²) in [5.41, 5.74) is 0. The molecule has 1 aromatic heterocycles. The van der Waals surface area contributed by atoms with E-state index in [0.29, 0.717) is 22.8 Å². The van der Waals surface area contributed by atoms with E-state index in [1.807, 2.05) is 6.92 Å². The molecule has 0 amide bonds. The molecule has 0 radical (unpaired) electrons. The summed E-state index contributed by atoms with van der Waals surface area (Å²) in [6, 6.07) is 0.181. The van der Waals surface area contributed by atoms with E-state index in [2.05, 4.69) is 30.8 Å². The molecule has 0 bridgehead atoms. The van der Waals surface area contributed by atoms with Gasteiger partial charge >= 0.3 is 0 Å². The van der Waals surface area contributed by atoms with Crippen LogP contribution in [0.3, 0.4) is 0 Å². The molecular weight excluding hydrogens is 309 g/mol. The fourth-order valence-corrected chi connectivity index (χ4v) is 2.32. The number of rotatable bonds is 2. The standard InChI is InChI=1S/C10H13BrClN3O2/c1-6-4-17-7(3-16)2-15(6)10-8(11)9(12)13-5-14-10/h5-7,16H,2-4H2,1H3. The molecular formula is C10H13BrClN3O2. The van der Waals surface area contributed by atoms with Crippen molar-refractivity contribution >= 4 is 33.3 Å². The van der Waals surface area contributed by atoms with Gasteiger partial charge in [-0.15, -0.1) is 0 Å². The first-order chi connectivity index (χ1) is 8.13. The van der Waals surface area contributed by atoms with E-state index < -0.39 is 0 Å². The van der Waals surface area contributed by atoms with Crippen molar-refractivity contribution in [1.82, 2.24) is 9.97 Å². The molecule has 2 heterocycles. The van der Waals surface area contributed by atoms with Gasteiger partial charge < -0.3 is 14.7 Å². The molecule has 1 N–H and O–H groups in total. The van der Waals surface area contributed by atoms with E-state index in [1.165, 1.54) is 6.33 Å². The van der Waals surface area contributed by atoms with Crippen LogP contribution in [-0.2, 0) is 4.74 Å². The highest BCUT2D eigenvalue weighted by molar-refractivity contribution is 9.10. The van der Waals surface area contributed by atoms with Crippen LogP contribution < -0.4 is 4.90 Å². The van der Waals surface area contributed by atoms with Crippen molar-refractivity contribution in [2.45, 2.75) is 19.1 Å². The summed E-state index contributed by atoms with van der Waals surface area (Å²) in [6.07, 6.45) is 1.24. The number of ether oxygens (including phenoxy) is 1. The zero-order valence-electron chi connectivity index (χ0n) is 9.31. The smallest absolute Gasteiger partial charge is 0.148 e. The highest BCUT2D eigenvalue weighted by Gasteiger charge is 2.28. The van der Waals surface area contributed by atoms with Crippen molar-refractivity contribution in [1.29, 1.82) is 0 Å². The van der Waals surface area contributed by atoms with Crippen LogP contribution in [0.25, 0.3) is 0 Å².